The van der Waals surface area contributed by atoms with Gasteiger partial charge in [0.05, 0.1) is 10.9 Å². The van der Waals surface area contributed by atoms with Gasteiger partial charge in [0.2, 0.25) is 10.0 Å². The quantitative estimate of drug-likeness (QED) is 0.158. The summed E-state index contributed by atoms with van der Waals surface area (Å²) in [5.74, 6) is -0.618. The number of carbonyl (C=O) groups is 1. The highest BCUT2D eigenvalue weighted by Gasteiger charge is 2.36. The van der Waals surface area contributed by atoms with Crippen LogP contribution < -0.4 is 5.48 Å². The number of para-hydroxylation sites is 1. The number of rotatable bonds is 8. The van der Waals surface area contributed by atoms with Gasteiger partial charge in [-0.3, -0.25) is 10.0 Å². The maximum atomic E-state index is 13.9. The molecule has 4 aromatic rings. The Morgan fingerprint density at radius 3 is 2.68 bits per heavy atom. The van der Waals surface area contributed by atoms with E-state index < -0.39 is 15.9 Å². The van der Waals surface area contributed by atoms with Crippen LogP contribution in [-0.4, -0.2) is 40.5 Å². The number of fused-ring (bicyclic) bond motifs is 2. The minimum absolute atomic E-state index is 0.00553. The molecule has 1 aromatic heterocycles. The number of nitrogens with one attached hydrogen (secondary N) is 2. The molecule has 5 rings (SSSR count). The number of benzene rings is 3. The second-order valence-electron chi connectivity index (χ2n) is 9.04. The molecule has 0 spiro atoms. The van der Waals surface area contributed by atoms with Crippen LogP contribution in [0.3, 0.4) is 0 Å². The predicted molar refractivity (Wildman–Crippen MR) is 140 cm³/mol. The molecule has 190 valence electrons. The molecule has 8 nitrogen and oxygen atoms in total. The smallest absolute Gasteiger partial charge is 0.267 e. The van der Waals surface area contributed by atoms with Crippen molar-refractivity contribution in [1.82, 2.24) is 14.8 Å². The van der Waals surface area contributed by atoms with Gasteiger partial charge in [-0.05, 0) is 77.9 Å². The average Bonchev–Trinajstić information content (AvgIpc) is 3.51. The van der Waals surface area contributed by atoms with E-state index in [1.807, 2.05) is 48.7 Å². The monoisotopic (exact) mass is 517 g/mol. The highest BCUT2D eigenvalue weighted by Crippen LogP contribution is 2.39. The maximum Gasteiger partial charge on any atom is 0.267 e. The van der Waals surface area contributed by atoms with Gasteiger partial charge >= 0.3 is 0 Å². The Hall–Kier alpha value is -3.92. The summed E-state index contributed by atoms with van der Waals surface area (Å²) in [6, 6.07) is 18.9. The summed E-state index contributed by atoms with van der Waals surface area (Å²) in [5.41, 5.74) is 6.36. The number of carbonyl (C=O) groups excluding carboxylic acids is 1. The van der Waals surface area contributed by atoms with E-state index in [9.17, 15) is 18.3 Å². The Kier molecular flexibility index (Phi) is 6.84. The van der Waals surface area contributed by atoms with Crippen molar-refractivity contribution < 1.29 is 23.5 Å². The molecule has 0 radical (unpaired) electrons. The first-order chi connectivity index (χ1) is 17.9. The van der Waals surface area contributed by atoms with E-state index in [1.54, 1.807) is 15.9 Å². The number of hydrogen-bond acceptors (Lipinski definition) is 5. The molecular weight excluding hydrogens is 490 g/mol. The lowest BCUT2D eigenvalue weighted by atomic mass is 10.0. The van der Waals surface area contributed by atoms with E-state index in [-0.39, 0.29) is 23.2 Å². The first-order valence-corrected chi connectivity index (χ1v) is 13.4. The second kappa shape index (κ2) is 10.2. The van der Waals surface area contributed by atoms with Gasteiger partial charge in [-0.15, -0.1) is 0 Å². The maximum absolute atomic E-state index is 13.9. The van der Waals surface area contributed by atoms with Crippen LogP contribution in [0.25, 0.3) is 17.0 Å². The Morgan fingerprint density at radius 2 is 1.89 bits per heavy atom. The van der Waals surface area contributed by atoms with Gasteiger partial charge in [0, 0.05) is 29.7 Å². The Bertz CT molecular complexity index is 1580. The zero-order valence-electron chi connectivity index (χ0n) is 20.0. The molecule has 3 aromatic carbocycles. The van der Waals surface area contributed by atoms with Crippen molar-refractivity contribution in [3.8, 4) is 5.75 Å². The number of sulfonamides is 1. The van der Waals surface area contributed by atoms with Crippen molar-refractivity contribution in [1.29, 1.82) is 0 Å². The van der Waals surface area contributed by atoms with Crippen molar-refractivity contribution in [3.05, 3.63) is 101 Å². The summed E-state index contributed by atoms with van der Waals surface area (Å²) < 4.78 is 29.4. The molecule has 0 bridgehead atoms. The highest BCUT2D eigenvalue weighted by atomic mass is 32.2. The van der Waals surface area contributed by atoms with Crippen molar-refractivity contribution in [3.63, 3.8) is 0 Å². The molecule has 0 saturated carbocycles. The summed E-state index contributed by atoms with van der Waals surface area (Å²) in [6.07, 6.45) is 6.62. The van der Waals surface area contributed by atoms with Crippen LogP contribution in [0.4, 0.5) is 0 Å². The normalized spacial score (nSPS) is 15.5. The summed E-state index contributed by atoms with van der Waals surface area (Å²) in [4.78, 5) is 14.7. The van der Waals surface area contributed by atoms with Gasteiger partial charge < -0.3 is 10.1 Å². The standard InChI is InChI=1S/C28H27N3O5S/c32-22-8-10-23(11-9-22)37(35,36)31(16-15-21-18-29-26-4-2-1-3-24(21)26)27-13-7-20-17-19(5-12-25(20)27)6-14-28(33)30-34/h1-6,8-12,14,17-18,27,29,32,34H,7,13,15-16H2,(H,30,33)/b14-6+. The van der Waals surface area contributed by atoms with E-state index in [1.165, 1.54) is 30.3 Å². The number of hydrogen-bond donors (Lipinski definition) is 4. The Morgan fingerprint density at radius 1 is 1.11 bits per heavy atom. The second-order valence-corrected chi connectivity index (χ2v) is 10.9. The fourth-order valence-electron chi connectivity index (χ4n) is 4.99. The third kappa shape index (κ3) is 5.01. The average molecular weight is 518 g/mol. The number of amides is 1. The molecule has 1 heterocycles. The molecule has 1 amide bonds. The van der Waals surface area contributed by atoms with E-state index >= 15 is 0 Å². The number of H-pyrrole nitrogens is 1. The summed E-state index contributed by atoms with van der Waals surface area (Å²) in [5, 5.41) is 19.5. The first kappa shape index (κ1) is 24.8. The SMILES string of the molecule is O=C(/C=C/c1ccc2c(c1)CCC2N(CCc1c[nH]c2ccccc12)S(=O)(=O)c1ccc(O)cc1)NO. The van der Waals surface area contributed by atoms with Gasteiger partial charge in [-0.2, -0.15) is 4.31 Å². The lowest BCUT2D eigenvalue weighted by Gasteiger charge is -2.29. The Balaban J connectivity index is 1.49. The molecule has 37 heavy (non-hydrogen) atoms. The number of aromatic nitrogens is 1. The zero-order valence-corrected chi connectivity index (χ0v) is 20.8. The number of aryl methyl sites for hydroxylation is 1. The molecular formula is C28H27N3O5S. The van der Waals surface area contributed by atoms with Crippen molar-refractivity contribution >= 4 is 32.9 Å². The number of nitrogens with zero attached hydrogens (tertiary/aromatic N) is 1. The van der Waals surface area contributed by atoms with Gasteiger partial charge in [0.15, 0.2) is 0 Å². The predicted octanol–water partition coefficient (Wildman–Crippen LogP) is 4.31. The fourth-order valence-corrected chi connectivity index (χ4v) is 6.63. The van der Waals surface area contributed by atoms with Gasteiger partial charge in [0.25, 0.3) is 5.91 Å². The number of aromatic hydroxyl groups is 1. The summed E-state index contributed by atoms with van der Waals surface area (Å²) in [7, 11) is -3.87. The number of aromatic amines is 1. The molecule has 1 aliphatic rings. The fraction of sp³-hybridized carbons (Fsp3) is 0.179. The number of phenols is 1. The third-order valence-electron chi connectivity index (χ3n) is 6.82. The molecule has 1 atom stereocenters. The number of phenolic OH excluding ortho intramolecular Hbond substituents is 1. The topological polar surface area (TPSA) is 123 Å². The van der Waals surface area contributed by atoms with Gasteiger partial charge in [-0.1, -0.05) is 36.4 Å². The molecule has 4 N–H and O–H groups in total. The highest BCUT2D eigenvalue weighted by molar-refractivity contribution is 7.89. The van der Waals surface area contributed by atoms with Gasteiger partial charge in [0.1, 0.15) is 5.75 Å². The minimum Gasteiger partial charge on any atom is -0.508 e. The number of hydroxylamine groups is 1. The van der Waals surface area contributed by atoms with Crippen LogP contribution in [0.1, 0.15) is 34.7 Å². The lowest BCUT2D eigenvalue weighted by Crippen LogP contribution is -2.35. The molecule has 0 saturated heterocycles. The summed E-state index contributed by atoms with van der Waals surface area (Å²) >= 11 is 0. The molecule has 0 aliphatic heterocycles. The molecule has 0 fully saturated rings. The third-order valence-corrected chi connectivity index (χ3v) is 8.74. The van der Waals surface area contributed by atoms with Crippen LogP contribution in [0.15, 0.2) is 83.9 Å². The van der Waals surface area contributed by atoms with Crippen LogP contribution in [0.2, 0.25) is 0 Å². The first-order valence-electron chi connectivity index (χ1n) is 12.0. The molecule has 1 unspecified atom stereocenters. The van der Waals surface area contributed by atoms with Crippen LogP contribution in [0.5, 0.6) is 5.75 Å². The lowest BCUT2D eigenvalue weighted by molar-refractivity contribution is -0.124. The molecule has 1 aliphatic carbocycles. The molecule has 9 heteroatoms. The van der Waals surface area contributed by atoms with Gasteiger partial charge in [-0.25, -0.2) is 13.9 Å². The van der Waals surface area contributed by atoms with Crippen LogP contribution in [-0.2, 0) is 27.7 Å². The van der Waals surface area contributed by atoms with Crippen molar-refractivity contribution in [2.45, 2.75) is 30.2 Å². The largest absolute Gasteiger partial charge is 0.508 e. The van der Waals surface area contributed by atoms with Crippen LogP contribution >= 0.6 is 0 Å². The van der Waals surface area contributed by atoms with Crippen molar-refractivity contribution in [2.24, 2.45) is 0 Å². The zero-order chi connectivity index (χ0) is 26.0. The van der Waals surface area contributed by atoms with Crippen molar-refractivity contribution in [2.75, 3.05) is 6.54 Å². The van der Waals surface area contributed by atoms with E-state index in [0.717, 1.165) is 33.2 Å². The Labute approximate surface area is 214 Å². The van der Waals surface area contributed by atoms with Crippen LogP contribution in [0, 0.1) is 0 Å². The van der Waals surface area contributed by atoms with E-state index in [4.69, 9.17) is 5.21 Å². The van der Waals surface area contributed by atoms with E-state index in [0.29, 0.717) is 19.3 Å². The van der Waals surface area contributed by atoms with E-state index in [2.05, 4.69) is 4.98 Å². The minimum atomic E-state index is -3.87. The summed E-state index contributed by atoms with van der Waals surface area (Å²) in [6.45, 7) is 0.285.